The Balaban J connectivity index is 2.05. The van der Waals surface area contributed by atoms with Gasteiger partial charge in [0.2, 0.25) is 0 Å². The lowest BCUT2D eigenvalue weighted by Gasteiger charge is -2.10. The zero-order chi connectivity index (χ0) is 17.3. The van der Waals surface area contributed by atoms with E-state index in [-0.39, 0.29) is 0 Å². The molecule has 1 aliphatic carbocycles. The van der Waals surface area contributed by atoms with E-state index in [9.17, 15) is 0 Å². The minimum absolute atomic E-state index is 0.509. The molecule has 1 saturated carbocycles. The minimum atomic E-state index is 0.509. The quantitative estimate of drug-likeness (QED) is 0.199. The van der Waals surface area contributed by atoms with Gasteiger partial charge in [0.15, 0.2) is 0 Å². The molecule has 0 atom stereocenters. The highest BCUT2D eigenvalue weighted by atomic mass is 14.8. The fourth-order valence-electron chi connectivity index (χ4n) is 2.84. The van der Waals surface area contributed by atoms with E-state index in [2.05, 4.69) is 67.8 Å². The molecule has 1 rings (SSSR count). The van der Waals surface area contributed by atoms with Crippen LogP contribution in [0.3, 0.4) is 0 Å². The zero-order valence-corrected chi connectivity index (χ0v) is 16.1. The van der Waals surface area contributed by atoms with Gasteiger partial charge < -0.3 is 5.32 Å². The first-order valence-electron chi connectivity index (χ1n) is 10.2. The number of hydrogen-bond donors (Lipinski definition) is 1. The fraction of sp³-hybridized carbons (Fsp3) is 0.652. The summed E-state index contributed by atoms with van der Waals surface area (Å²) < 4.78 is 0. The number of nitrogens with one attached hydrogen (secondary N) is 1. The molecule has 0 unspecified atom stereocenters. The maximum atomic E-state index is 3.61. The predicted molar refractivity (Wildman–Crippen MR) is 109 cm³/mol. The van der Waals surface area contributed by atoms with E-state index in [0.717, 1.165) is 19.3 Å². The van der Waals surface area contributed by atoms with E-state index >= 15 is 0 Å². The van der Waals surface area contributed by atoms with Crippen molar-refractivity contribution in [3.8, 4) is 0 Å². The van der Waals surface area contributed by atoms with Crippen LogP contribution in [-0.2, 0) is 0 Å². The van der Waals surface area contributed by atoms with E-state index in [1.807, 2.05) is 0 Å². The van der Waals surface area contributed by atoms with E-state index in [4.69, 9.17) is 0 Å². The predicted octanol–water partition coefficient (Wildman–Crippen LogP) is 6.74. The normalized spacial score (nSPS) is 17.1. The van der Waals surface area contributed by atoms with E-state index in [0.29, 0.717) is 5.41 Å². The van der Waals surface area contributed by atoms with Crippen molar-refractivity contribution in [1.29, 1.82) is 0 Å². The van der Waals surface area contributed by atoms with Gasteiger partial charge in [0.05, 0.1) is 0 Å². The summed E-state index contributed by atoms with van der Waals surface area (Å²) in [6, 6.07) is 0. The van der Waals surface area contributed by atoms with Crippen LogP contribution in [0.25, 0.3) is 0 Å². The molecule has 0 radical (unpaired) electrons. The Morgan fingerprint density at radius 2 is 1.58 bits per heavy atom. The summed E-state index contributed by atoms with van der Waals surface area (Å²) in [5.74, 6) is 0. The highest BCUT2D eigenvalue weighted by Gasteiger charge is 2.38. The molecule has 24 heavy (non-hydrogen) atoms. The van der Waals surface area contributed by atoms with Gasteiger partial charge in [-0.3, -0.25) is 0 Å². The zero-order valence-electron chi connectivity index (χ0n) is 16.1. The largest absolute Gasteiger partial charge is 0.317 e. The molecule has 0 aliphatic heterocycles. The van der Waals surface area contributed by atoms with Crippen molar-refractivity contribution < 1.29 is 0 Å². The number of allylic oxidation sites excluding steroid dienone is 8. The van der Waals surface area contributed by atoms with E-state index < -0.39 is 0 Å². The highest BCUT2D eigenvalue weighted by molar-refractivity contribution is 5.17. The van der Waals surface area contributed by atoms with Crippen molar-refractivity contribution in [2.24, 2.45) is 5.41 Å². The molecule has 0 bridgehead atoms. The van der Waals surface area contributed by atoms with Gasteiger partial charge in [-0.05, 0) is 63.5 Å². The van der Waals surface area contributed by atoms with Crippen LogP contribution in [0.1, 0.15) is 78.1 Å². The van der Waals surface area contributed by atoms with Gasteiger partial charge >= 0.3 is 0 Å². The van der Waals surface area contributed by atoms with E-state index in [1.165, 1.54) is 58.0 Å². The molecule has 1 aliphatic rings. The van der Waals surface area contributed by atoms with Crippen LogP contribution >= 0.6 is 0 Å². The van der Waals surface area contributed by atoms with Crippen molar-refractivity contribution in [3.05, 3.63) is 48.6 Å². The van der Waals surface area contributed by atoms with Crippen LogP contribution in [0.5, 0.6) is 0 Å². The van der Waals surface area contributed by atoms with Gasteiger partial charge in [0.1, 0.15) is 0 Å². The molecule has 1 fully saturated rings. The van der Waals surface area contributed by atoms with Crippen LogP contribution in [0.2, 0.25) is 0 Å². The summed E-state index contributed by atoms with van der Waals surface area (Å²) in [7, 11) is 0. The Labute approximate surface area is 151 Å². The fourth-order valence-corrected chi connectivity index (χ4v) is 2.84. The SMILES string of the molecule is CC/C=C\CC/C=C/C=C\C=C\C1(CCNCCCCCC)CC1. The molecule has 0 aromatic heterocycles. The first-order chi connectivity index (χ1) is 11.8. The molecule has 0 heterocycles. The Morgan fingerprint density at radius 1 is 0.792 bits per heavy atom. The van der Waals surface area contributed by atoms with Gasteiger partial charge in [-0.2, -0.15) is 0 Å². The second-order valence-corrected chi connectivity index (χ2v) is 7.05. The second-order valence-electron chi connectivity index (χ2n) is 7.05. The molecule has 0 aromatic carbocycles. The van der Waals surface area contributed by atoms with Crippen molar-refractivity contribution in [2.75, 3.05) is 13.1 Å². The number of rotatable bonds is 15. The topological polar surface area (TPSA) is 12.0 Å². The third kappa shape index (κ3) is 11.5. The molecule has 0 amide bonds. The molecule has 1 nitrogen and oxygen atoms in total. The van der Waals surface area contributed by atoms with Crippen molar-refractivity contribution in [1.82, 2.24) is 5.32 Å². The van der Waals surface area contributed by atoms with Gasteiger partial charge in [-0.25, -0.2) is 0 Å². The molecule has 0 saturated heterocycles. The average Bonchev–Trinajstić information content (AvgIpc) is 3.36. The molecule has 136 valence electrons. The molecule has 1 heteroatoms. The number of unbranched alkanes of at least 4 members (excludes halogenated alkanes) is 4. The second kappa shape index (κ2) is 14.3. The lowest BCUT2D eigenvalue weighted by molar-refractivity contribution is 0.518. The third-order valence-corrected chi connectivity index (χ3v) is 4.72. The summed E-state index contributed by atoms with van der Waals surface area (Å²) in [4.78, 5) is 0. The lowest BCUT2D eigenvalue weighted by Crippen LogP contribution is -2.19. The average molecular weight is 330 g/mol. The Hall–Kier alpha value is -1.08. The monoisotopic (exact) mass is 329 g/mol. The summed E-state index contributed by atoms with van der Waals surface area (Å²) in [5, 5.41) is 3.61. The van der Waals surface area contributed by atoms with Crippen LogP contribution in [0, 0.1) is 5.41 Å². The first kappa shape index (κ1) is 21.0. The molecular weight excluding hydrogens is 290 g/mol. The maximum Gasteiger partial charge on any atom is -0.00406 e. The molecule has 0 spiro atoms. The maximum absolute atomic E-state index is 3.61. The molecule has 1 N–H and O–H groups in total. The van der Waals surface area contributed by atoms with Crippen molar-refractivity contribution in [2.45, 2.75) is 78.1 Å². The van der Waals surface area contributed by atoms with Crippen LogP contribution in [0.15, 0.2) is 48.6 Å². The Bertz CT molecular complexity index is 396. The van der Waals surface area contributed by atoms with Gasteiger partial charge in [0, 0.05) is 0 Å². The van der Waals surface area contributed by atoms with Crippen molar-refractivity contribution >= 4 is 0 Å². The summed E-state index contributed by atoms with van der Waals surface area (Å²) in [6.07, 6.45) is 30.8. The van der Waals surface area contributed by atoms with E-state index in [1.54, 1.807) is 0 Å². The Kier molecular flexibility index (Phi) is 12.5. The molecule has 0 aromatic rings. The summed E-state index contributed by atoms with van der Waals surface area (Å²) in [6.45, 7) is 6.81. The standard InChI is InChI=1S/C23H39N/c1-3-5-7-9-10-11-12-13-14-15-17-23(18-19-23)20-22-24-21-16-8-6-4-2/h5,7,11-15,17,24H,3-4,6,8-10,16,18-22H2,1-2H3/b7-5-,12-11+,14-13-,17-15+. The van der Waals surface area contributed by atoms with Crippen LogP contribution < -0.4 is 5.32 Å². The van der Waals surface area contributed by atoms with Gasteiger partial charge in [-0.1, -0.05) is 81.7 Å². The number of hydrogen-bond acceptors (Lipinski definition) is 1. The van der Waals surface area contributed by atoms with Crippen LogP contribution in [0.4, 0.5) is 0 Å². The molecular formula is C23H39N. The summed E-state index contributed by atoms with van der Waals surface area (Å²) in [5.41, 5.74) is 0.509. The van der Waals surface area contributed by atoms with Crippen LogP contribution in [-0.4, -0.2) is 13.1 Å². The lowest BCUT2D eigenvalue weighted by atomic mass is 10.0. The first-order valence-corrected chi connectivity index (χ1v) is 10.2. The minimum Gasteiger partial charge on any atom is -0.317 e. The highest BCUT2D eigenvalue weighted by Crippen LogP contribution is 2.49. The smallest absolute Gasteiger partial charge is 0.00406 e. The Morgan fingerprint density at radius 3 is 2.33 bits per heavy atom. The summed E-state index contributed by atoms with van der Waals surface area (Å²) >= 11 is 0. The van der Waals surface area contributed by atoms with Gasteiger partial charge in [0.25, 0.3) is 0 Å². The van der Waals surface area contributed by atoms with Gasteiger partial charge in [-0.15, -0.1) is 0 Å². The third-order valence-electron chi connectivity index (χ3n) is 4.72. The van der Waals surface area contributed by atoms with Crippen molar-refractivity contribution in [3.63, 3.8) is 0 Å².